The first-order valence-corrected chi connectivity index (χ1v) is 6.17. The molecule has 0 spiro atoms. The summed E-state index contributed by atoms with van der Waals surface area (Å²) < 4.78 is 0. The van der Waals surface area contributed by atoms with Crippen LogP contribution >= 0.6 is 0 Å². The van der Waals surface area contributed by atoms with E-state index in [1.807, 2.05) is 7.05 Å². The molecule has 0 radical (unpaired) electrons. The Hall–Kier alpha value is -1.63. The van der Waals surface area contributed by atoms with Crippen LogP contribution in [0.15, 0.2) is 12.3 Å². The van der Waals surface area contributed by atoms with Crippen LogP contribution in [-0.2, 0) is 0 Å². The van der Waals surface area contributed by atoms with Crippen LogP contribution in [0.5, 0.6) is 0 Å². The second kappa shape index (κ2) is 5.13. The van der Waals surface area contributed by atoms with E-state index in [9.17, 15) is 0 Å². The van der Waals surface area contributed by atoms with Gasteiger partial charge in [-0.1, -0.05) is 6.92 Å². The summed E-state index contributed by atoms with van der Waals surface area (Å²) >= 11 is 0. The van der Waals surface area contributed by atoms with E-state index in [0.29, 0.717) is 11.6 Å². The molecule has 4 nitrogen and oxygen atoms in total. The van der Waals surface area contributed by atoms with E-state index in [-0.39, 0.29) is 0 Å². The van der Waals surface area contributed by atoms with E-state index in [1.54, 1.807) is 12.3 Å². The molecule has 1 heterocycles. The average molecular weight is 230 g/mol. The van der Waals surface area contributed by atoms with Crippen molar-refractivity contribution in [2.75, 3.05) is 11.9 Å². The molecule has 0 aromatic carbocycles. The monoisotopic (exact) mass is 230 g/mol. The summed E-state index contributed by atoms with van der Waals surface area (Å²) in [5, 5.41) is 17.0. The molecule has 1 aromatic rings. The van der Waals surface area contributed by atoms with E-state index in [1.165, 1.54) is 25.7 Å². The van der Waals surface area contributed by atoms with Crippen molar-refractivity contribution in [3.05, 3.63) is 17.8 Å². The molecule has 1 aromatic heterocycles. The lowest BCUT2D eigenvalue weighted by atomic mass is 9.86. The summed E-state index contributed by atoms with van der Waals surface area (Å²) in [5.74, 6) is 1.55. The molecule has 90 valence electrons. The molecular formula is C13H18N4. The molecular weight excluding hydrogens is 212 g/mol. The highest BCUT2D eigenvalue weighted by atomic mass is 15.3. The summed E-state index contributed by atoms with van der Waals surface area (Å²) in [6, 6.07) is 4.40. The van der Waals surface area contributed by atoms with Gasteiger partial charge in [-0.3, -0.25) is 0 Å². The number of hydrogen-bond donors (Lipinski definition) is 0. The fourth-order valence-corrected chi connectivity index (χ4v) is 2.47. The Morgan fingerprint density at radius 1 is 1.35 bits per heavy atom. The van der Waals surface area contributed by atoms with Crippen LogP contribution in [0.1, 0.15) is 38.2 Å². The first-order chi connectivity index (χ1) is 8.22. The number of nitrogens with zero attached hydrogens (tertiary/aromatic N) is 4. The minimum atomic E-state index is 0.495. The van der Waals surface area contributed by atoms with E-state index >= 15 is 0 Å². The second-order valence-corrected chi connectivity index (χ2v) is 4.90. The number of hydrogen-bond acceptors (Lipinski definition) is 4. The number of aromatic nitrogens is 2. The summed E-state index contributed by atoms with van der Waals surface area (Å²) in [5.41, 5.74) is 0.612. The van der Waals surface area contributed by atoms with Gasteiger partial charge in [-0.2, -0.15) is 10.4 Å². The lowest BCUT2D eigenvalue weighted by Gasteiger charge is -2.34. The van der Waals surface area contributed by atoms with Crippen LogP contribution in [0.25, 0.3) is 0 Å². The van der Waals surface area contributed by atoms with Crippen molar-refractivity contribution >= 4 is 5.82 Å². The molecule has 0 amide bonds. The molecule has 0 unspecified atom stereocenters. The van der Waals surface area contributed by atoms with E-state index in [0.717, 1.165) is 11.7 Å². The van der Waals surface area contributed by atoms with Crippen LogP contribution < -0.4 is 4.90 Å². The van der Waals surface area contributed by atoms with E-state index in [2.05, 4.69) is 28.1 Å². The molecule has 1 aliphatic carbocycles. The first kappa shape index (κ1) is 11.8. The van der Waals surface area contributed by atoms with Gasteiger partial charge in [0.2, 0.25) is 0 Å². The van der Waals surface area contributed by atoms with Crippen LogP contribution in [0, 0.1) is 17.2 Å². The first-order valence-electron chi connectivity index (χ1n) is 6.17. The molecule has 1 aliphatic rings. The Labute approximate surface area is 102 Å². The third kappa shape index (κ3) is 2.55. The number of anilines is 1. The Bertz CT molecular complexity index is 416. The smallest absolute Gasteiger partial charge is 0.169 e. The van der Waals surface area contributed by atoms with Crippen molar-refractivity contribution in [3.8, 4) is 6.07 Å². The molecule has 0 atom stereocenters. The van der Waals surface area contributed by atoms with Gasteiger partial charge in [0.1, 0.15) is 6.07 Å². The lowest BCUT2D eigenvalue weighted by Crippen LogP contribution is -2.36. The van der Waals surface area contributed by atoms with Gasteiger partial charge in [-0.15, -0.1) is 5.10 Å². The summed E-state index contributed by atoms with van der Waals surface area (Å²) in [7, 11) is 2.02. The zero-order valence-corrected chi connectivity index (χ0v) is 10.4. The second-order valence-electron chi connectivity index (χ2n) is 4.90. The highest BCUT2D eigenvalue weighted by Crippen LogP contribution is 2.29. The Balaban J connectivity index is 2.14. The quantitative estimate of drug-likeness (QED) is 0.782. The standard InChI is InChI=1S/C13H18N4/c1-10-3-5-12(6-4-10)17(2)13-11(9-14)7-8-15-16-13/h7-8,10,12H,3-6H2,1-2H3. The summed E-state index contributed by atoms with van der Waals surface area (Å²) in [6.45, 7) is 2.30. The third-order valence-electron chi connectivity index (χ3n) is 3.69. The maximum absolute atomic E-state index is 9.06. The fourth-order valence-electron chi connectivity index (χ4n) is 2.47. The molecule has 17 heavy (non-hydrogen) atoms. The zero-order valence-electron chi connectivity index (χ0n) is 10.4. The normalized spacial score (nSPS) is 24.1. The molecule has 1 fully saturated rings. The van der Waals surface area contributed by atoms with Crippen LogP contribution in [0.2, 0.25) is 0 Å². The van der Waals surface area contributed by atoms with Crippen molar-refractivity contribution in [2.45, 2.75) is 38.6 Å². The third-order valence-corrected chi connectivity index (χ3v) is 3.69. The minimum Gasteiger partial charge on any atom is -0.354 e. The van der Waals surface area contributed by atoms with Crippen molar-refractivity contribution < 1.29 is 0 Å². The molecule has 0 N–H and O–H groups in total. The topological polar surface area (TPSA) is 52.8 Å². The van der Waals surface area contributed by atoms with Crippen molar-refractivity contribution in [3.63, 3.8) is 0 Å². The van der Waals surface area contributed by atoms with Crippen molar-refractivity contribution in [1.82, 2.24) is 10.2 Å². The predicted octanol–water partition coefficient (Wildman–Crippen LogP) is 2.36. The number of rotatable bonds is 2. The molecule has 0 saturated heterocycles. The Morgan fingerprint density at radius 2 is 2.06 bits per heavy atom. The SMILES string of the molecule is CC1CCC(N(C)c2nnccc2C#N)CC1. The summed E-state index contributed by atoms with van der Waals surface area (Å²) in [4.78, 5) is 2.12. The van der Waals surface area contributed by atoms with Crippen LogP contribution in [0.3, 0.4) is 0 Å². The van der Waals surface area contributed by atoms with Gasteiger partial charge in [-0.25, -0.2) is 0 Å². The highest BCUT2D eigenvalue weighted by molar-refractivity contribution is 5.52. The molecule has 1 saturated carbocycles. The van der Waals surface area contributed by atoms with Gasteiger partial charge in [0, 0.05) is 13.1 Å². The largest absolute Gasteiger partial charge is 0.354 e. The highest BCUT2D eigenvalue weighted by Gasteiger charge is 2.24. The van der Waals surface area contributed by atoms with E-state index < -0.39 is 0 Å². The maximum atomic E-state index is 9.06. The van der Waals surface area contributed by atoms with Crippen molar-refractivity contribution in [1.29, 1.82) is 5.26 Å². The average Bonchev–Trinajstić information content (AvgIpc) is 2.39. The van der Waals surface area contributed by atoms with Gasteiger partial charge in [-0.05, 0) is 37.7 Å². The predicted molar refractivity (Wildman–Crippen MR) is 66.6 cm³/mol. The van der Waals surface area contributed by atoms with Gasteiger partial charge in [0.15, 0.2) is 5.82 Å². The van der Waals surface area contributed by atoms with Crippen LogP contribution in [0.4, 0.5) is 5.82 Å². The Kier molecular flexibility index (Phi) is 3.58. The van der Waals surface area contributed by atoms with E-state index in [4.69, 9.17) is 5.26 Å². The molecule has 0 aliphatic heterocycles. The van der Waals surface area contributed by atoms with Gasteiger partial charge >= 0.3 is 0 Å². The van der Waals surface area contributed by atoms with Gasteiger partial charge in [0.25, 0.3) is 0 Å². The van der Waals surface area contributed by atoms with Gasteiger partial charge in [0.05, 0.1) is 11.8 Å². The maximum Gasteiger partial charge on any atom is 0.169 e. The minimum absolute atomic E-state index is 0.495. The van der Waals surface area contributed by atoms with Crippen molar-refractivity contribution in [2.24, 2.45) is 5.92 Å². The molecule has 0 bridgehead atoms. The molecule has 4 heteroatoms. The summed E-state index contributed by atoms with van der Waals surface area (Å²) in [6.07, 6.45) is 6.45. The molecule has 2 rings (SSSR count). The Morgan fingerprint density at radius 3 is 2.71 bits per heavy atom. The zero-order chi connectivity index (χ0) is 12.3. The number of nitriles is 1. The van der Waals surface area contributed by atoms with Gasteiger partial charge < -0.3 is 4.90 Å². The van der Waals surface area contributed by atoms with Crippen LogP contribution in [-0.4, -0.2) is 23.3 Å². The lowest BCUT2D eigenvalue weighted by molar-refractivity contribution is 0.339. The fraction of sp³-hybridized carbons (Fsp3) is 0.615.